The zero-order valence-corrected chi connectivity index (χ0v) is 13.4. The van der Waals surface area contributed by atoms with Crippen LogP contribution >= 0.6 is 11.3 Å². The molecule has 114 valence electrons. The van der Waals surface area contributed by atoms with E-state index in [2.05, 4.69) is 33.6 Å². The van der Waals surface area contributed by atoms with Gasteiger partial charge in [0.1, 0.15) is 10.6 Å². The highest BCUT2D eigenvalue weighted by Gasteiger charge is 2.15. The first-order chi connectivity index (χ1) is 10.3. The first-order valence-electron chi connectivity index (χ1n) is 7.57. The van der Waals surface area contributed by atoms with Gasteiger partial charge in [0.2, 0.25) is 5.95 Å². The second kappa shape index (κ2) is 6.58. The maximum absolute atomic E-state index is 5.88. The third-order valence-electron chi connectivity index (χ3n) is 3.79. The van der Waals surface area contributed by atoms with Crippen LogP contribution in [-0.2, 0) is 4.74 Å². The number of thiophene rings is 1. The van der Waals surface area contributed by atoms with E-state index in [-0.39, 0.29) is 0 Å². The van der Waals surface area contributed by atoms with E-state index in [9.17, 15) is 0 Å². The van der Waals surface area contributed by atoms with Gasteiger partial charge in [0, 0.05) is 18.5 Å². The van der Waals surface area contributed by atoms with Gasteiger partial charge in [0.25, 0.3) is 0 Å². The van der Waals surface area contributed by atoms with Crippen LogP contribution < -0.4 is 10.6 Å². The molecular formula is C15H22N4OS. The van der Waals surface area contributed by atoms with Gasteiger partial charge in [-0.15, -0.1) is 11.3 Å². The molecule has 2 aromatic heterocycles. The molecule has 1 saturated carbocycles. The average molecular weight is 306 g/mol. The fourth-order valence-electron chi connectivity index (χ4n) is 2.74. The third-order valence-corrected chi connectivity index (χ3v) is 4.73. The van der Waals surface area contributed by atoms with Crippen molar-refractivity contribution in [1.29, 1.82) is 0 Å². The quantitative estimate of drug-likeness (QED) is 0.801. The largest absolute Gasteiger partial charge is 0.376 e. The van der Waals surface area contributed by atoms with Crippen LogP contribution in [0.25, 0.3) is 10.2 Å². The fourth-order valence-corrected chi connectivity index (χ4v) is 3.62. The predicted octanol–water partition coefficient (Wildman–Crippen LogP) is 3.41. The monoisotopic (exact) mass is 306 g/mol. The van der Waals surface area contributed by atoms with Crippen molar-refractivity contribution in [2.75, 3.05) is 30.8 Å². The number of hydrogen-bond acceptors (Lipinski definition) is 6. The highest BCUT2D eigenvalue weighted by molar-refractivity contribution is 7.18. The number of ether oxygens (including phenoxy) is 1. The van der Waals surface area contributed by atoms with Gasteiger partial charge < -0.3 is 15.4 Å². The van der Waals surface area contributed by atoms with E-state index in [0.717, 1.165) is 29.2 Å². The maximum atomic E-state index is 5.88. The van der Waals surface area contributed by atoms with Crippen molar-refractivity contribution >= 4 is 33.3 Å². The van der Waals surface area contributed by atoms with Crippen molar-refractivity contribution in [2.24, 2.45) is 0 Å². The lowest BCUT2D eigenvalue weighted by molar-refractivity contribution is 0.0659. The summed E-state index contributed by atoms with van der Waals surface area (Å²) in [4.78, 5) is 11.3. The van der Waals surface area contributed by atoms with E-state index < -0.39 is 0 Å². The van der Waals surface area contributed by atoms with Gasteiger partial charge in [-0.05, 0) is 25.8 Å². The number of nitrogens with one attached hydrogen (secondary N) is 2. The van der Waals surface area contributed by atoms with Crippen LogP contribution in [0, 0.1) is 6.92 Å². The molecule has 3 rings (SSSR count). The Morgan fingerprint density at radius 1 is 1.33 bits per heavy atom. The Morgan fingerprint density at radius 2 is 2.14 bits per heavy atom. The summed E-state index contributed by atoms with van der Waals surface area (Å²) in [5, 5.41) is 7.50. The van der Waals surface area contributed by atoms with E-state index in [1.807, 2.05) is 7.05 Å². The van der Waals surface area contributed by atoms with Crippen LogP contribution in [0.15, 0.2) is 6.07 Å². The predicted molar refractivity (Wildman–Crippen MR) is 88.4 cm³/mol. The summed E-state index contributed by atoms with van der Waals surface area (Å²) >= 11 is 1.69. The molecule has 2 aromatic rings. The van der Waals surface area contributed by atoms with Crippen LogP contribution in [0.2, 0.25) is 0 Å². The van der Waals surface area contributed by atoms with Crippen molar-refractivity contribution in [1.82, 2.24) is 9.97 Å². The molecule has 0 unspecified atom stereocenters. The minimum Gasteiger partial charge on any atom is -0.376 e. The SMILES string of the molecule is CNc1nc(NCCOC2CCCC2)c2cc(C)sc2n1. The minimum atomic E-state index is 0.466. The molecule has 6 heteroatoms. The number of aryl methyl sites for hydroxylation is 1. The van der Waals surface area contributed by atoms with E-state index >= 15 is 0 Å². The Labute approximate surface area is 129 Å². The lowest BCUT2D eigenvalue weighted by Gasteiger charge is -2.12. The summed E-state index contributed by atoms with van der Waals surface area (Å²) in [5.74, 6) is 1.55. The summed E-state index contributed by atoms with van der Waals surface area (Å²) in [6.07, 6.45) is 5.51. The van der Waals surface area contributed by atoms with Crippen molar-refractivity contribution in [3.05, 3.63) is 10.9 Å². The third kappa shape index (κ3) is 3.44. The second-order valence-corrected chi connectivity index (χ2v) is 6.66. The van der Waals surface area contributed by atoms with Crippen LogP contribution in [0.5, 0.6) is 0 Å². The highest BCUT2D eigenvalue weighted by atomic mass is 32.1. The molecule has 2 N–H and O–H groups in total. The Balaban J connectivity index is 1.64. The Bertz CT molecular complexity index is 607. The smallest absolute Gasteiger partial charge is 0.225 e. The molecule has 0 bridgehead atoms. The van der Waals surface area contributed by atoms with Gasteiger partial charge in [-0.1, -0.05) is 12.8 Å². The van der Waals surface area contributed by atoms with Gasteiger partial charge in [0.05, 0.1) is 18.1 Å². The standard InChI is InChI=1S/C15H22N4OS/c1-10-9-12-13(18-15(16-2)19-14(12)21-10)17-7-8-20-11-5-3-4-6-11/h9,11H,3-8H2,1-2H3,(H2,16,17,18,19). The van der Waals surface area contributed by atoms with E-state index in [4.69, 9.17) is 4.74 Å². The van der Waals surface area contributed by atoms with Gasteiger partial charge in [-0.2, -0.15) is 4.98 Å². The molecule has 2 heterocycles. The first-order valence-corrected chi connectivity index (χ1v) is 8.39. The molecule has 1 aliphatic carbocycles. The molecule has 5 nitrogen and oxygen atoms in total. The molecule has 0 atom stereocenters. The Morgan fingerprint density at radius 3 is 2.90 bits per heavy atom. The summed E-state index contributed by atoms with van der Waals surface area (Å²) in [7, 11) is 1.84. The lowest BCUT2D eigenvalue weighted by Crippen LogP contribution is -2.16. The minimum absolute atomic E-state index is 0.466. The molecule has 21 heavy (non-hydrogen) atoms. The fraction of sp³-hybridized carbons (Fsp3) is 0.600. The summed E-state index contributed by atoms with van der Waals surface area (Å²) in [5.41, 5.74) is 0. The van der Waals surface area contributed by atoms with Crippen LogP contribution in [0.3, 0.4) is 0 Å². The molecule has 0 spiro atoms. The van der Waals surface area contributed by atoms with Crippen molar-refractivity contribution in [2.45, 2.75) is 38.7 Å². The normalized spacial score (nSPS) is 15.7. The summed E-state index contributed by atoms with van der Waals surface area (Å²) < 4.78 is 5.88. The maximum Gasteiger partial charge on any atom is 0.225 e. The molecule has 0 radical (unpaired) electrons. The van der Waals surface area contributed by atoms with Gasteiger partial charge in [0.15, 0.2) is 0 Å². The van der Waals surface area contributed by atoms with Crippen molar-refractivity contribution in [3.8, 4) is 0 Å². The number of anilines is 2. The van der Waals surface area contributed by atoms with E-state index in [1.54, 1.807) is 11.3 Å². The Kier molecular flexibility index (Phi) is 4.55. The van der Waals surface area contributed by atoms with E-state index in [0.29, 0.717) is 12.1 Å². The molecular weight excluding hydrogens is 284 g/mol. The van der Waals surface area contributed by atoms with Crippen LogP contribution in [0.4, 0.5) is 11.8 Å². The van der Waals surface area contributed by atoms with Crippen molar-refractivity contribution in [3.63, 3.8) is 0 Å². The zero-order valence-electron chi connectivity index (χ0n) is 12.6. The topological polar surface area (TPSA) is 59.1 Å². The number of nitrogens with zero attached hydrogens (tertiary/aromatic N) is 2. The first kappa shape index (κ1) is 14.5. The van der Waals surface area contributed by atoms with Gasteiger partial charge in [-0.3, -0.25) is 0 Å². The summed E-state index contributed by atoms with van der Waals surface area (Å²) in [6, 6.07) is 2.14. The lowest BCUT2D eigenvalue weighted by atomic mass is 10.3. The number of fused-ring (bicyclic) bond motifs is 1. The Hall–Kier alpha value is -1.40. The van der Waals surface area contributed by atoms with Gasteiger partial charge >= 0.3 is 0 Å². The molecule has 0 aromatic carbocycles. The average Bonchev–Trinajstić information content (AvgIpc) is 3.11. The molecule has 0 amide bonds. The van der Waals surface area contributed by atoms with Crippen molar-refractivity contribution < 1.29 is 4.74 Å². The van der Waals surface area contributed by atoms with Crippen LogP contribution in [-0.4, -0.2) is 36.3 Å². The molecule has 0 aliphatic heterocycles. The highest BCUT2D eigenvalue weighted by Crippen LogP contribution is 2.29. The number of rotatable bonds is 6. The second-order valence-electron chi connectivity index (χ2n) is 5.43. The molecule has 1 aliphatic rings. The van der Waals surface area contributed by atoms with E-state index in [1.165, 1.54) is 30.6 Å². The van der Waals surface area contributed by atoms with Gasteiger partial charge in [-0.25, -0.2) is 4.98 Å². The zero-order chi connectivity index (χ0) is 14.7. The summed E-state index contributed by atoms with van der Waals surface area (Å²) in [6.45, 7) is 3.60. The number of aromatic nitrogens is 2. The molecule has 1 fully saturated rings. The number of hydrogen-bond donors (Lipinski definition) is 2. The van der Waals surface area contributed by atoms with Crippen LogP contribution in [0.1, 0.15) is 30.6 Å². The molecule has 0 saturated heterocycles.